The van der Waals surface area contributed by atoms with Crippen LogP contribution in [0.4, 0.5) is 0 Å². The van der Waals surface area contributed by atoms with E-state index in [2.05, 4.69) is 0 Å². The Morgan fingerprint density at radius 2 is 0.600 bits per heavy atom. The Balaban J connectivity index is -0.000000000952. The molecule has 0 aromatic heterocycles. The van der Waals surface area contributed by atoms with Gasteiger partial charge in [0.2, 0.25) is 0 Å². The summed E-state index contributed by atoms with van der Waals surface area (Å²) >= 11 is -0.639. The third-order valence-corrected chi connectivity index (χ3v) is 0. The second kappa shape index (κ2) is 128. The second-order valence-corrected chi connectivity index (χ2v) is 2.73. The van der Waals surface area contributed by atoms with Gasteiger partial charge in [-0.1, -0.05) is 0 Å². The van der Waals surface area contributed by atoms with Gasteiger partial charge in [0, 0.05) is 0 Å². The van der Waals surface area contributed by atoms with Gasteiger partial charge in [0.05, 0.1) is 0 Å². The van der Waals surface area contributed by atoms with E-state index in [0.29, 0.717) is 0 Å². The van der Waals surface area contributed by atoms with Crippen molar-refractivity contribution in [3.63, 3.8) is 0 Å². The fourth-order valence-electron chi connectivity index (χ4n) is 0. The van der Waals surface area contributed by atoms with Crippen LogP contribution in [0.5, 0.6) is 0 Å². The Kier molecular flexibility index (Phi) is 1200. The molecule has 0 aromatic carbocycles. The van der Waals surface area contributed by atoms with E-state index in [1.54, 1.807) is 0 Å². The fourth-order valence-corrected chi connectivity index (χ4v) is 0. The Hall–Kier alpha value is 1.87. The van der Waals surface area contributed by atoms with Crippen molar-refractivity contribution in [2.45, 2.75) is 0 Å². The minimum atomic E-state index is -0.639. The van der Waals surface area contributed by atoms with Crippen molar-refractivity contribution >= 4 is 59.4 Å². The van der Waals surface area contributed by atoms with Gasteiger partial charge in [-0.3, -0.25) is 0 Å². The molecule has 0 atom stereocenters. The summed E-state index contributed by atoms with van der Waals surface area (Å²) in [7, 11) is 9.81. The normalized spacial score (nSPS) is 1.00. The van der Waals surface area contributed by atoms with Gasteiger partial charge in [-0.15, -0.1) is 0 Å². The van der Waals surface area contributed by atoms with Gasteiger partial charge in [0.25, 0.3) is 0 Å². The second-order valence-electron chi connectivity index (χ2n) is 0.101. The van der Waals surface area contributed by atoms with Crippen molar-refractivity contribution < 1.29 is 32.9 Å². The molecule has 10 heavy (non-hydrogen) atoms. The van der Waals surface area contributed by atoms with Crippen molar-refractivity contribution in [1.82, 2.24) is 0 Å². The molecule has 0 bridgehead atoms. The van der Waals surface area contributed by atoms with Crippen LogP contribution in [0.3, 0.4) is 0 Å². The lowest BCUT2D eigenvalue weighted by atomic mass is 16.0. The first-order chi connectivity index (χ1) is 1.41. The van der Waals surface area contributed by atoms with Crippen LogP contribution in [-0.2, 0) is 0 Å². The van der Waals surface area contributed by atoms with Gasteiger partial charge in [0.1, 0.15) is 0 Å². The molecule has 0 saturated heterocycles. The summed E-state index contributed by atoms with van der Waals surface area (Å²) in [5.74, 6) is 0. The molecule has 0 saturated carbocycles. The Labute approximate surface area is 91.5 Å². The summed E-state index contributed by atoms with van der Waals surface area (Å²) < 4.78 is 0. The molecule has 10 heteroatoms. The van der Waals surface area contributed by atoms with Crippen molar-refractivity contribution in [3.8, 4) is 0 Å². The van der Waals surface area contributed by atoms with Gasteiger partial charge < -0.3 is 51.0 Å². The van der Waals surface area contributed by atoms with E-state index >= 15 is 0 Å². The molecular weight excluding hydrogens is 216 g/mol. The Bertz CT molecular complexity index is 13.7. The molecule has 0 aromatic rings. The lowest BCUT2D eigenvalue weighted by molar-refractivity contribution is 0.823. The largest absolute Gasteiger partial charge is 0.618 e. The van der Waals surface area contributed by atoms with Gasteiger partial charge in [-0.05, 0) is 0 Å². The number of rotatable bonds is 0. The maximum Gasteiger partial charge on any atom is 0.618 e. The molecule has 6 nitrogen and oxygen atoms in total. The highest BCUT2D eigenvalue weighted by Crippen LogP contribution is 1.67. The first kappa shape index (κ1) is 93.6. The highest BCUT2D eigenvalue weighted by molar-refractivity contribution is 7.22. The summed E-state index contributed by atoms with van der Waals surface area (Å²) in [6.45, 7) is 0. The topological polar surface area (TPSA) is 189 Å². The summed E-state index contributed by atoms with van der Waals surface area (Å²) in [6.07, 6.45) is 0. The minimum Gasteiger partial charge on any atom is -0.412 e. The zero-order chi connectivity index (χ0) is 2.71. The highest BCUT2D eigenvalue weighted by Gasteiger charge is 1.64. The average Bonchev–Trinajstić information content (AvgIpc) is 0.918. The van der Waals surface area contributed by atoms with Gasteiger partial charge in [0.15, 0.2) is 0 Å². The monoisotopic (exact) mass is 228 g/mol. The van der Waals surface area contributed by atoms with Crippen molar-refractivity contribution in [2.24, 2.45) is 0 Å². The van der Waals surface area contributed by atoms with Crippen LogP contribution >= 0.6 is 18.1 Å². The third kappa shape index (κ3) is 222. The quantitative estimate of drug-likeness (QED) is 0.360. The SMILES string of the molecule is O.O.O.O.O.O.[Cl][Mg][Cl].[MgH2]. The van der Waals surface area contributed by atoms with Crippen molar-refractivity contribution in [2.75, 3.05) is 0 Å². The standard InChI is InChI=1S/2ClH.2Mg.6H2O.2H/h2*1H;;;6*1H2;;/q;;;+2;;;;;;;;/p-2. The Morgan fingerprint density at radius 3 is 0.600 bits per heavy atom. The van der Waals surface area contributed by atoms with Crippen LogP contribution in [-0.4, -0.2) is 74.1 Å². The predicted octanol–water partition coefficient (Wildman–Crippen LogP) is -4.87. The maximum atomic E-state index is 4.90. The zero-order valence-electron chi connectivity index (χ0n) is 4.46. The minimum absolute atomic E-state index is 0. The summed E-state index contributed by atoms with van der Waals surface area (Å²) in [5.41, 5.74) is 0. The molecule has 0 fully saturated rings. The first-order valence-electron chi connectivity index (χ1n) is 0.535. The van der Waals surface area contributed by atoms with Crippen LogP contribution < -0.4 is 0 Å². The molecule has 0 spiro atoms. The molecule has 0 amide bonds. The van der Waals surface area contributed by atoms with Crippen molar-refractivity contribution in [3.05, 3.63) is 0 Å². The molecule has 0 radical (unpaired) electrons. The maximum absolute atomic E-state index is 4.90. The van der Waals surface area contributed by atoms with E-state index in [0.717, 1.165) is 0 Å². The zero-order valence-corrected chi connectivity index (χ0v) is 7.39. The fraction of sp³-hybridized carbons (Fsp3) is 0. The smallest absolute Gasteiger partial charge is 0.412 e. The lowest BCUT2D eigenvalue weighted by Crippen LogP contribution is -1.36. The lowest BCUT2D eigenvalue weighted by Gasteiger charge is -1.33. The van der Waals surface area contributed by atoms with Crippen LogP contribution in [0.25, 0.3) is 0 Å². The number of halogens is 2. The van der Waals surface area contributed by atoms with Crippen LogP contribution in [0.15, 0.2) is 0 Å². The molecule has 0 heterocycles. The number of hydrogen-bond donors (Lipinski definition) is 0. The molecule has 0 aliphatic rings. The third-order valence-electron chi connectivity index (χ3n) is 0. The van der Waals surface area contributed by atoms with E-state index in [4.69, 9.17) is 18.1 Å². The van der Waals surface area contributed by atoms with Crippen LogP contribution in [0, 0.1) is 0 Å². The Morgan fingerprint density at radius 1 is 0.600 bits per heavy atom. The molecule has 12 N–H and O–H groups in total. The molecule has 68 valence electrons. The molecule has 0 rings (SSSR count). The van der Waals surface area contributed by atoms with E-state index in [-0.39, 0.29) is 55.9 Å². The van der Waals surface area contributed by atoms with Gasteiger partial charge in [-0.25, -0.2) is 0 Å². The molecular formula is H14Cl2Mg2O6. The van der Waals surface area contributed by atoms with Gasteiger partial charge in [-0.2, -0.15) is 0 Å². The first-order valence-corrected chi connectivity index (χ1v) is 4.81. The van der Waals surface area contributed by atoms with E-state index in [1.807, 2.05) is 0 Å². The van der Waals surface area contributed by atoms with Crippen LogP contribution in [0.2, 0.25) is 0 Å². The van der Waals surface area contributed by atoms with E-state index < -0.39 is 18.2 Å². The summed E-state index contributed by atoms with van der Waals surface area (Å²) in [6, 6.07) is 0. The summed E-state index contributed by atoms with van der Waals surface area (Å²) in [4.78, 5) is 0. The molecule has 0 aliphatic carbocycles. The highest BCUT2D eigenvalue weighted by atomic mass is 35.6. The number of hydrogen-bond acceptors (Lipinski definition) is 0. The van der Waals surface area contributed by atoms with E-state index in [1.165, 1.54) is 0 Å². The molecule has 0 aliphatic heterocycles. The van der Waals surface area contributed by atoms with Gasteiger partial charge >= 0.3 is 41.2 Å². The molecule has 0 unspecified atom stereocenters. The average molecular weight is 230 g/mol. The van der Waals surface area contributed by atoms with Crippen LogP contribution in [0.1, 0.15) is 0 Å². The summed E-state index contributed by atoms with van der Waals surface area (Å²) in [5, 5.41) is 0. The van der Waals surface area contributed by atoms with Crippen molar-refractivity contribution in [1.29, 1.82) is 0 Å². The van der Waals surface area contributed by atoms with E-state index in [9.17, 15) is 0 Å². The predicted molar refractivity (Wildman–Crippen MR) is 47.7 cm³/mol.